The van der Waals surface area contributed by atoms with Crippen LogP contribution in [0.15, 0.2) is 18.5 Å². The van der Waals surface area contributed by atoms with Gasteiger partial charge in [0.25, 0.3) is 0 Å². The molecule has 4 N–H and O–H groups in total. The monoisotopic (exact) mass is 222 g/mol. The van der Waals surface area contributed by atoms with Gasteiger partial charge in [0.15, 0.2) is 0 Å². The Kier molecular flexibility index (Phi) is 4.41. The first-order valence-electron chi connectivity index (χ1n) is 4.81. The minimum Gasteiger partial charge on any atom is -0.478 e. The number of nitrogens with two attached hydrogens (primary N) is 1. The quantitative estimate of drug-likeness (QED) is 0.621. The number of hydrogen-bond acceptors (Lipinski definition) is 5. The molecule has 0 aromatic carbocycles. The average Bonchev–Trinajstić information content (AvgIpc) is 2.28. The molecule has 0 amide bonds. The Hall–Kier alpha value is -1.95. The van der Waals surface area contributed by atoms with Crippen molar-refractivity contribution in [3.8, 4) is 0 Å². The number of hydrogen-bond donors (Lipinski definition) is 3. The fraction of sp³-hybridized carbons (Fsp3) is 0.300. The lowest BCUT2D eigenvalue weighted by Crippen LogP contribution is -2.25. The third-order valence-electron chi connectivity index (χ3n) is 1.82. The average molecular weight is 222 g/mol. The molecule has 0 unspecified atom stereocenters. The molecule has 0 aliphatic rings. The second-order valence-electron chi connectivity index (χ2n) is 3.28. The van der Waals surface area contributed by atoms with E-state index in [0.717, 1.165) is 6.08 Å². The topological polar surface area (TPSA) is 101 Å². The molecule has 1 aromatic heterocycles. The highest BCUT2D eigenvalue weighted by Crippen LogP contribution is 2.03. The van der Waals surface area contributed by atoms with E-state index < -0.39 is 5.97 Å². The van der Waals surface area contributed by atoms with E-state index in [4.69, 9.17) is 10.8 Å². The van der Waals surface area contributed by atoms with E-state index >= 15 is 0 Å². The van der Waals surface area contributed by atoms with Gasteiger partial charge in [0, 0.05) is 18.7 Å². The minimum atomic E-state index is -1.01. The molecule has 0 aliphatic heterocycles. The van der Waals surface area contributed by atoms with Gasteiger partial charge >= 0.3 is 5.97 Å². The summed E-state index contributed by atoms with van der Waals surface area (Å²) in [5.41, 5.74) is 5.94. The highest BCUT2D eigenvalue weighted by Gasteiger charge is 2.00. The maximum Gasteiger partial charge on any atom is 0.328 e. The van der Waals surface area contributed by atoms with Crippen molar-refractivity contribution >= 4 is 17.9 Å². The maximum atomic E-state index is 10.3. The lowest BCUT2D eigenvalue weighted by atomic mass is 10.3. The Morgan fingerprint density at radius 2 is 2.38 bits per heavy atom. The lowest BCUT2D eigenvalue weighted by molar-refractivity contribution is -0.131. The summed E-state index contributed by atoms with van der Waals surface area (Å²) in [6.45, 7) is 2.43. The molecule has 0 radical (unpaired) electrons. The molecule has 0 saturated carbocycles. The van der Waals surface area contributed by atoms with Crippen LogP contribution in [-0.4, -0.2) is 33.6 Å². The summed E-state index contributed by atoms with van der Waals surface area (Å²) < 4.78 is 0. The summed E-state index contributed by atoms with van der Waals surface area (Å²) >= 11 is 0. The molecule has 0 saturated heterocycles. The molecule has 1 rings (SSSR count). The van der Waals surface area contributed by atoms with Crippen LogP contribution >= 0.6 is 0 Å². The van der Waals surface area contributed by atoms with Crippen LogP contribution in [0.4, 0.5) is 5.82 Å². The molecule has 86 valence electrons. The summed E-state index contributed by atoms with van der Waals surface area (Å²) in [7, 11) is 0. The highest BCUT2D eigenvalue weighted by atomic mass is 16.4. The molecular formula is C10H14N4O2. The first kappa shape index (κ1) is 12.1. The van der Waals surface area contributed by atoms with Crippen molar-refractivity contribution < 1.29 is 9.90 Å². The molecule has 6 nitrogen and oxygen atoms in total. The number of rotatable bonds is 5. The smallest absolute Gasteiger partial charge is 0.328 e. The lowest BCUT2D eigenvalue weighted by Gasteiger charge is -2.10. The van der Waals surface area contributed by atoms with Gasteiger partial charge in [-0.15, -0.1) is 0 Å². The van der Waals surface area contributed by atoms with Crippen LogP contribution in [0.1, 0.15) is 12.6 Å². The number of carboxylic acid groups (broad SMARTS) is 1. The molecule has 0 aliphatic carbocycles. The highest BCUT2D eigenvalue weighted by molar-refractivity contribution is 5.84. The summed E-state index contributed by atoms with van der Waals surface area (Å²) in [4.78, 5) is 18.4. The molecule has 0 fully saturated rings. The van der Waals surface area contributed by atoms with Gasteiger partial charge in [-0.25, -0.2) is 9.78 Å². The van der Waals surface area contributed by atoms with E-state index in [1.165, 1.54) is 18.5 Å². The van der Waals surface area contributed by atoms with Gasteiger partial charge in [0.1, 0.15) is 5.82 Å². The van der Waals surface area contributed by atoms with Gasteiger partial charge in [-0.2, -0.15) is 0 Å². The Morgan fingerprint density at radius 1 is 1.62 bits per heavy atom. The molecule has 1 heterocycles. The molecule has 16 heavy (non-hydrogen) atoms. The number of nitrogens with zero attached hydrogens (tertiary/aromatic N) is 2. The van der Waals surface area contributed by atoms with Crippen molar-refractivity contribution in [3.63, 3.8) is 0 Å². The van der Waals surface area contributed by atoms with Crippen LogP contribution in [0, 0.1) is 0 Å². The third kappa shape index (κ3) is 4.05. The first-order chi connectivity index (χ1) is 7.61. The van der Waals surface area contributed by atoms with Crippen molar-refractivity contribution in [2.45, 2.75) is 13.0 Å². The van der Waals surface area contributed by atoms with Gasteiger partial charge in [0.05, 0.1) is 18.1 Å². The van der Waals surface area contributed by atoms with E-state index in [-0.39, 0.29) is 6.04 Å². The number of nitrogens with one attached hydrogen (secondary N) is 1. The van der Waals surface area contributed by atoms with Crippen LogP contribution in [0.2, 0.25) is 0 Å². The van der Waals surface area contributed by atoms with Crippen LogP contribution in [-0.2, 0) is 4.79 Å². The molecular weight excluding hydrogens is 208 g/mol. The molecule has 0 spiro atoms. The molecule has 6 heteroatoms. The summed E-state index contributed by atoms with van der Waals surface area (Å²) in [5, 5.41) is 11.5. The van der Waals surface area contributed by atoms with Crippen molar-refractivity contribution in [2.24, 2.45) is 5.73 Å². The third-order valence-corrected chi connectivity index (χ3v) is 1.82. The zero-order valence-electron chi connectivity index (χ0n) is 8.92. The second kappa shape index (κ2) is 5.82. The Morgan fingerprint density at radius 3 is 2.88 bits per heavy atom. The van der Waals surface area contributed by atoms with Crippen LogP contribution in [0.25, 0.3) is 6.08 Å². The maximum absolute atomic E-state index is 10.3. The zero-order valence-corrected chi connectivity index (χ0v) is 8.92. The van der Waals surface area contributed by atoms with Gasteiger partial charge in [-0.3, -0.25) is 4.98 Å². The predicted molar refractivity (Wildman–Crippen MR) is 60.8 cm³/mol. The van der Waals surface area contributed by atoms with Crippen LogP contribution in [0.3, 0.4) is 0 Å². The van der Waals surface area contributed by atoms with Crippen molar-refractivity contribution in [3.05, 3.63) is 24.2 Å². The zero-order chi connectivity index (χ0) is 12.0. The van der Waals surface area contributed by atoms with E-state index in [2.05, 4.69) is 15.3 Å². The van der Waals surface area contributed by atoms with E-state index in [1.54, 1.807) is 0 Å². The summed E-state index contributed by atoms with van der Waals surface area (Å²) in [5.74, 6) is -0.397. The fourth-order valence-electron chi connectivity index (χ4n) is 0.967. The number of carbonyl (C=O) groups is 1. The van der Waals surface area contributed by atoms with Crippen molar-refractivity contribution in [1.82, 2.24) is 9.97 Å². The second-order valence-corrected chi connectivity index (χ2v) is 3.28. The van der Waals surface area contributed by atoms with Gasteiger partial charge in [-0.1, -0.05) is 0 Å². The largest absolute Gasteiger partial charge is 0.478 e. The Bertz CT molecular complexity index is 375. The first-order valence-corrected chi connectivity index (χ1v) is 4.81. The van der Waals surface area contributed by atoms with Gasteiger partial charge in [-0.05, 0) is 13.0 Å². The number of aromatic nitrogens is 2. The molecule has 1 atom stereocenters. The van der Waals surface area contributed by atoms with Crippen molar-refractivity contribution in [1.29, 1.82) is 0 Å². The van der Waals surface area contributed by atoms with Crippen LogP contribution < -0.4 is 11.1 Å². The van der Waals surface area contributed by atoms with Gasteiger partial charge in [0.2, 0.25) is 0 Å². The van der Waals surface area contributed by atoms with E-state index in [9.17, 15) is 4.79 Å². The SMILES string of the molecule is C[C@H](CN)Nc1cnc(C=CC(=O)O)cn1. The summed E-state index contributed by atoms with van der Waals surface area (Å²) in [6, 6.07) is 0.120. The normalized spacial score (nSPS) is 12.6. The van der Waals surface area contributed by atoms with Crippen molar-refractivity contribution in [2.75, 3.05) is 11.9 Å². The Labute approximate surface area is 93.2 Å². The van der Waals surface area contributed by atoms with E-state index in [1.807, 2.05) is 6.92 Å². The number of anilines is 1. The molecule has 0 bridgehead atoms. The standard InChI is InChI=1S/C10H14N4O2/c1-7(4-11)14-9-6-12-8(5-13-9)2-3-10(15)16/h2-3,5-7H,4,11H2,1H3,(H,13,14)(H,15,16)/t7-/m1/s1. The summed E-state index contributed by atoms with van der Waals surface area (Å²) in [6.07, 6.45) is 5.42. The minimum absolute atomic E-state index is 0.120. The predicted octanol–water partition coefficient (Wildman–Crippen LogP) is 0.333. The Balaban J connectivity index is 2.64. The fourth-order valence-corrected chi connectivity index (χ4v) is 0.967. The van der Waals surface area contributed by atoms with Gasteiger partial charge < -0.3 is 16.2 Å². The number of carboxylic acids is 1. The van der Waals surface area contributed by atoms with E-state index in [0.29, 0.717) is 18.1 Å². The van der Waals surface area contributed by atoms with Crippen LogP contribution in [0.5, 0.6) is 0 Å². The number of aliphatic carboxylic acids is 1. The molecule has 1 aromatic rings.